The van der Waals surface area contributed by atoms with Crippen LogP contribution in [-0.4, -0.2) is 33.1 Å². The number of carbonyl (C=O) groups is 1. The average molecular weight is 379 g/mol. The fourth-order valence-corrected chi connectivity index (χ4v) is 2.65. The Hall–Kier alpha value is -0.960. The van der Waals surface area contributed by atoms with Crippen LogP contribution < -0.4 is 10.5 Å². The van der Waals surface area contributed by atoms with Gasteiger partial charge in [0.1, 0.15) is 0 Å². The van der Waals surface area contributed by atoms with E-state index in [1.165, 1.54) is 18.2 Å². The van der Waals surface area contributed by atoms with Gasteiger partial charge in [0.25, 0.3) is 5.91 Å². The van der Waals surface area contributed by atoms with Gasteiger partial charge in [-0.1, -0.05) is 0 Å². The lowest BCUT2D eigenvalue weighted by molar-refractivity contribution is -0.00816. The van der Waals surface area contributed by atoms with Crippen molar-refractivity contribution in [3.63, 3.8) is 0 Å². The number of rotatable bonds is 6. The van der Waals surface area contributed by atoms with Gasteiger partial charge in [-0.3, -0.25) is 4.79 Å². The molecule has 0 radical (unpaired) electrons. The van der Waals surface area contributed by atoms with Crippen LogP contribution in [0.25, 0.3) is 0 Å². The number of carbonyl (C=O) groups excluding carboxylic acids is 1. The van der Waals surface area contributed by atoms with Crippen LogP contribution in [0, 0.1) is 0 Å². The number of sulfonamides is 1. The minimum absolute atomic E-state index is 0.111. The molecule has 21 heavy (non-hydrogen) atoms. The summed E-state index contributed by atoms with van der Waals surface area (Å²) < 4.78 is 28.6. The summed E-state index contributed by atoms with van der Waals surface area (Å²) in [6, 6.07) is 4.05. The molecule has 0 fully saturated rings. The Morgan fingerprint density at radius 3 is 2.57 bits per heavy atom. The second-order valence-corrected chi connectivity index (χ2v) is 7.48. The molecule has 0 unspecified atom stereocenters. The lowest BCUT2D eigenvalue weighted by Crippen LogP contribution is -2.40. The Kier molecular flexibility index (Phi) is 5.92. The standard InChI is InChI=1S/C13H19BrN2O4S/c1-4-20-13(2,3)8-16-12(17)10-7-9(21(15,18)19)5-6-11(10)14/h5-7H,4,8H2,1-3H3,(H,16,17)(H2,15,18,19). The third kappa shape index (κ3) is 5.39. The Bertz CT molecular complexity index is 629. The first kappa shape index (κ1) is 18.1. The van der Waals surface area contributed by atoms with Gasteiger partial charge in [0, 0.05) is 17.6 Å². The predicted octanol–water partition coefficient (Wildman–Crippen LogP) is 1.64. The number of primary sulfonamides is 1. The quantitative estimate of drug-likeness (QED) is 0.785. The van der Waals surface area contributed by atoms with Crippen LogP contribution in [-0.2, 0) is 14.8 Å². The van der Waals surface area contributed by atoms with Crippen LogP contribution in [0.4, 0.5) is 0 Å². The van der Waals surface area contributed by atoms with Gasteiger partial charge in [-0.2, -0.15) is 0 Å². The summed E-state index contributed by atoms with van der Waals surface area (Å²) in [6.07, 6.45) is 0. The van der Waals surface area contributed by atoms with Crippen LogP contribution in [0.3, 0.4) is 0 Å². The van der Waals surface area contributed by atoms with Crippen molar-refractivity contribution < 1.29 is 17.9 Å². The first-order chi connectivity index (χ1) is 9.57. The smallest absolute Gasteiger partial charge is 0.252 e. The number of hydrogen-bond acceptors (Lipinski definition) is 4. The molecule has 0 aliphatic heterocycles. The Labute approximate surface area is 133 Å². The molecule has 0 aliphatic rings. The van der Waals surface area contributed by atoms with Crippen molar-refractivity contribution >= 4 is 31.9 Å². The Morgan fingerprint density at radius 1 is 1.43 bits per heavy atom. The minimum atomic E-state index is -3.85. The summed E-state index contributed by atoms with van der Waals surface area (Å²) in [5, 5.41) is 7.78. The van der Waals surface area contributed by atoms with Crippen molar-refractivity contribution in [1.29, 1.82) is 0 Å². The summed E-state index contributed by atoms with van der Waals surface area (Å²) >= 11 is 3.22. The molecule has 6 nitrogen and oxygen atoms in total. The Balaban J connectivity index is 2.93. The van der Waals surface area contributed by atoms with E-state index in [1.54, 1.807) is 0 Å². The second-order valence-electron chi connectivity index (χ2n) is 5.06. The van der Waals surface area contributed by atoms with Gasteiger partial charge in [-0.15, -0.1) is 0 Å². The molecule has 1 amide bonds. The lowest BCUT2D eigenvalue weighted by Gasteiger charge is -2.25. The normalized spacial score (nSPS) is 12.2. The first-order valence-electron chi connectivity index (χ1n) is 6.31. The van der Waals surface area contributed by atoms with E-state index in [1.807, 2.05) is 20.8 Å². The number of halogens is 1. The van der Waals surface area contributed by atoms with Crippen molar-refractivity contribution in [1.82, 2.24) is 5.32 Å². The molecule has 118 valence electrons. The average Bonchev–Trinajstić information content (AvgIpc) is 2.35. The van der Waals surface area contributed by atoms with E-state index >= 15 is 0 Å². The summed E-state index contributed by atoms with van der Waals surface area (Å²) in [7, 11) is -3.85. The van der Waals surface area contributed by atoms with E-state index in [0.717, 1.165) is 0 Å². The summed E-state index contributed by atoms with van der Waals surface area (Å²) in [4.78, 5) is 12.1. The molecule has 1 aromatic carbocycles. The number of nitrogens with two attached hydrogens (primary N) is 1. The van der Waals surface area contributed by atoms with Gasteiger partial charge in [0.2, 0.25) is 10.0 Å². The first-order valence-corrected chi connectivity index (χ1v) is 8.65. The zero-order valence-electron chi connectivity index (χ0n) is 12.1. The highest BCUT2D eigenvalue weighted by Gasteiger charge is 2.21. The number of ether oxygens (including phenoxy) is 1. The largest absolute Gasteiger partial charge is 0.374 e. The van der Waals surface area contributed by atoms with Crippen molar-refractivity contribution in [3.05, 3.63) is 28.2 Å². The fourth-order valence-electron chi connectivity index (χ4n) is 1.69. The maximum absolute atomic E-state index is 12.2. The van der Waals surface area contributed by atoms with Gasteiger partial charge >= 0.3 is 0 Å². The molecule has 0 aliphatic carbocycles. The molecule has 0 bridgehead atoms. The van der Waals surface area contributed by atoms with Crippen LogP contribution >= 0.6 is 15.9 Å². The van der Waals surface area contributed by atoms with Crippen molar-refractivity contribution in [2.45, 2.75) is 31.3 Å². The zero-order chi connectivity index (χ0) is 16.3. The maximum Gasteiger partial charge on any atom is 0.252 e. The Morgan fingerprint density at radius 2 is 2.05 bits per heavy atom. The highest BCUT2D eigenvalue weighted by atomic mass is 79.9. The molecular weight excluding hydrogens is 360 g/mol. The van der Waals surface area contributed by atoms with Crippen molar-refractivity contribution in [2.24, 2.45) is 5.14 Å². The third-order valence-electron chi connectivity index (χ3n) is 2.72. The van der Waals surface area contributed by atoms with Crippen LogP contribution in [0.2, 0.25) is 0 Å². The molecule has 1 rings (SSSR count). The summed E-state index contributed by atoms with van der Waals surface area (Å²) in [5.41, 5.74) is -0.303. The number of nitrogens with one attached hydrogen (secondary N) is 1. The fraction of sp³-hybridized carbons (Fsp3) is 0.462. The summed E-state index contributed by atoms with van der Waals surface area (Å²) in [5.74, 6) is -0.403. The lowest BCUT2D eigenvalue weighted by atomic mass is 10.1. The second kappa shape index (κ2) is 6.87. The SMILES string of the molecule is CCOC(C)(C)CNC(=O)c1cc(S(N)(=O)=O)ccc1Br. The van der Waals surface area contributed by atoms with E-state index in [2.05, 4.69) is 21.2 Å². The molecule has 0 heterocycles. The minimum Gasteiger partial charge on any atom is -0.374 e. The molecule has 0 saturated carbocycles. The topological polar surface area (TPSA) is 98.5 Å². The molecule has 0 atom stereocenters. The van der Waals surface area contributed by atoms with E-state index < -0.39 is 21.5 Å². The van der Waals surface area contributed by atoms with E-state index in [0.29, 0.717) is 17.6 Å². The molecular formula is C13H19BrN2O4S. The monoisotopic (exact) mass is 378 g/mol. The highest BCUT2D eigenvalue weighted by molar-refractivity contribution is 9.10. The molecule has 0 aromatic heterocycles. The predicted molar refractivity (Wildman–Crippen MR) is 83.6 cm³/mol. The van der Waals surface area contributed by atoms with Gasteiger partial charge in [-0.05, 0) is 54.9 Å². The maximum atomic E-state index is 12.2. The third-order valence-corrected chi connectivity index (χ3v) is 4.32. The van der Waals surface area contributed by atoms with E-state index in [-0.39, 0.29) is 10.5 Å². The van der Waals surface area contributed by atoms with Crippen LogP contribution in [0.15, 0.2) is 27.6 Å². The van der Waals surface area contributed by atoms with Gasteiger partial charge in [0.15, 0.2) is 0 Å². The van der Waals surface area contributed by atoms with Crippen LogP contribution in [0.5, 0.6) is 0 Å². The van der Waals surface area contributed by atoms with Crippen molar-refractivity contribution in [2.75, 3.05) is 13.2 Å². The zero-order valence-corrected chi connectivity index (χ0v) is 14.5. The van der Waals surface area contributed by atoms with E-state index in [9.17, 15) is 13.2 Å². The van der Waals surface area contributed by atoms with Gasteiger partial charge in [0.05, 0.1) is 16.1 Å². The summed E-state index contributed by atoms with van der Waals surface area (Å²) in [6.45, 7) is 6.41. The van der Waals surface area contributed by atoms with Gasteiger partial charge < -0.3 is 10.1 Å². The number of benzene rings is 1. The molecule has 3 N–H and O–H groups in total. The molecule has 1 aromatic rings. The molecule has 8 heteroatoms. The highest BCUT2D eigenvalue weighted by Crippen LogP contribution is 2.20. The molecule has 0 spiro atoms. The van der Waals surface area contributed by atoms with Crippen molar-refractivity contribution in [3.8, 4) is 0 Å². The van der Waals surface area contributed by atoms with Gasteiger partial charge in [-0.25, -0.2) is 13.6 Å². The number of amides is 1. The number of hydrogen-bond donors (Lipinski definition) is 2. The molecule has 0 saturated heterocycles. The van der Waals surface area contributed by atoms with E-state index in [4.69, 9.17) is 9.88 Å². The van der Waals surface area contributed by atoms with Crippen LogP contribution in [0.1, 0.15) is 31.1 Å².